The molecule has 0 bridgehead atoms. The highest BCUT2D eigenvalue weighted by Crippen LogP contribution is 2.16. The lowest BCUT2D eigenvalue weighted by atomic mass is 9.94. The highest BCUT2D eigenvalue weighted by molar-refractivity contribution is 5.76. The van der Waals surface area contributed by atoms with Gasteiger partial charge in [0.1, 0.15) is 0 Å². The van der Waals surface area contributed by atoms with Crippen LogP contribution in [-0.4, -0.2) is 24.5 Å². The number of nitrogens with one attached hydrogen (secondary N) is 2. The molecule has 17 heavy (non-hydrogen) atoms. The van der Waals surface area contributed by atoms with Gasteiger partial charge in [-0.2, -0.15) is 0 Å². The Labute approximate surface area is 105 Å². The molecule has 2 N–H and O–H groups in total. The molecule has 98 valence electrons. The minimum Gasteiger partial charge on any atom is -0.356 e. The van der Waals surface area contributed by atoms with E-state index in [-0.39, 0.29) is 11.4 Å². The molecule has 1 unspecified atom stereocenters. The first kappa shape index (κ1) is 14.2. The molecule has 0 aliphatic heterocycles. The predicted molar refractivity (Wildman–Crippen MR) is 71.9 cm³/mol. The van der Waals surface area contributed by atoms with Crippen LogP contribution in [0.5, 0.6) is 0 Å². The standard InChI is InChI=1S/C14H26N2O/c1-14(2,3)16-10-9-13(17)15-11-12-7-5-4-6-8-12/h4-5,12,16H,6-11H2,1-3H3,(H,15,17). The second-order valence-electron chi connectivity index (χ2n) is 5.88. The van der Waals surface area contributed by atoms with Gasteiger partial charge in [0.15, 0.2) is 0 Å². The number of rotatable bonds is 5. The number of hydrogen-bond donors (Lipinski definition) is 2. The maximum absolute atomic E-state index is 11.6. The third kappa shape index (κ3) is 7.16. The predicted octanol–water partition coefficient (Wildman–Crippen LogP) is 2.24. The topological polar surface area (TPSA) is 41.1 Å². The zero-order valence-corrected chi connectivity index (χ0v) is 11.4. The maximum Gasteiger partial charge on any atom is 0.221 e. The SMILES string of the molecule is CC(C)(C)NCCC(=O)NCC1CC=CCC1. The molecular weight excluding hydrogens is 212 g/mol. The zero-order chi connectivity index (χ0) is 12.7. The van der Waals surface area contributed by atoms with Crippen molar-refractivity contribution in [3.8, 4) is 0 Å². The lowest BCUT2D eigenvalue weighted by molar-refractivity contribution is -0.121. The normalized spacial score (nSPS) is 20.3. The quantitative estimate of drug-likeness (QED) is 0.721. The number of hydrogen-bond acceptors (Lipinski definition) is 2. The first-order valence-electron chi connectivity index (χ1n) is 6.64. The summed E-state index contributed by atoms with van der Waals surface area (Å²) in [5, 5.41) is 6.34. The molecule has 0 fully saturated rings. The van der Waals surface area contributed by atoms with Crippen LogP contribution in [0.4, 0.5) is 0 Å². The average Bonchev–Trinajstić information content (AvgIpc) is 2.26. The molecule has 1 aliphatic rings. The van der Waals surface area contributed by atoms with Gasteiger partial charge in [0.2, 0.25) is 5.91 Å². The Kier molecular flexibility index (Phi) is 5.69. The van der Waals surface area contributed by atoms with Gasteiger partial charge in [0.25, 0.3) is 0 Å². The van der Waals surface area contributed by atoms with Crippen LogP contribution in [0.1, 0.15) is 46.5 Å². The van der Waals surface area contributed by atoms with Crippen LogP contribution in [0.15, 0.2) is 12.2 Å². The summed E-state index contributed by atoms with van der Waals surface area (Å²) in [5.74, 6) is 0.802. The van der Waals surface area contributed by atoms with E-state index < -0.39 is 0 Å². The number of amides is 1. The van der Waals surface area contributed by atoms with Crippen molar-refractivity contribution in [3.63, 3.8) is 0 Å². The summed E-state index contributed by atoms with van der Waals surface area (Å²) in [6.07, 6.45) is 8.50. The van der Waals surface area contributed by atoms with Crippen LogP contribution in [0.2, 0.25) is 0 Å². The Morgan fingerprint density at radius 2 is 2.12 bits per heavy atom. The van der Waals surface area contributed by atoms with Gasteiger partial charge < -0.3 is 10.6 Å². The van der Waals surface area contributed by atoms with Crippen LogP contribution in [0.3, 0.4) is 0 Å². The van der Waals surface area contributed by atoms with Gasteiger partial charge in [-0.15, -0.1) is 0 Å². The van der Waals surface area contributed by atoms with Crippen molar-refractivity contribution < 1.29 is 4.79 Å². The molecule has 0 saturated carbocycles. The molecule has 0 aromatic carbocycles. The van der Waals surface area contributed by atoms with E-state index in [2.05, 4.69) is 43.6 Å². The zero-order valence-electron chi connectivity index (χ0n) is 11.4. The maximum atomic E-state index is 11.6. The first-order valence-corrected chi connectivity index (χ1v) is 6.64. The van der Waals surface area contributed by atoms with Gasteiger partial charge in [0.05, 0.1) is 0 Å². The van der Waals surface area contributed by atoms with Crippen LogP contribution >= 0.6 is 0 Å². The van der Waals surface area contributed by atoms with E-state index in [0.29, 0.717) is 12.3 Å². The molecule has 3 nitrogen and oxygen atoms in total. The Morgan fingerprint density at radius 1 is 1.35 bits per heavy atom. The summed E-state index contributed by atoms with van der Waals surface area (Å²) in [6, 6.07) is 0. The van der Waals surface area contributed by atoms with Gasteiger partial charge in [-0.3, -0.25) is 4.79 Å². The van der Waals surface area contributed by atoms with E-state index in [1.165, 1.54) is 6.42 Å². The van der Waals surface area contributed by atoms with E-state index in [1.807, 2.05) is 0 Å². The Balaban J connectivity index is 2.07. The highest BCUT2D eigenvalue weighted by atomic mass is 16.1. The van der Waals surface area contributed by atoms with Crippen molar-refractivity contribution >= 4 is 5.91 Å². The number of carbonyl (C=O) groups is 1. The number of allylic oxidation sites excluding steroid dienone is 2. The van der Waals surface area contributed by atoms with Crippen molar-refractivity contribution in [1.82, 2.24) is 10.6 Å². The van der Waals surface area contributed by atoms with E-state index in [9.17, 15) is 4.79 Å². The minimum absolute atomic E-state index is 0.0917. The van der Waals surface area contributed by atoms with Gasteiger partial charge in [-0.25, -0.2) is 0 Å². The fourth-order valence-corrected chi connectivity index (χ4v) is 1.94. The molecule has 0 heterocycles. The molecule has 0 aromatic heterocycles. The van der Waals surface area contributed by atoms with E-state index in [1.54, 1.807) is 0 Å². The first-order chi connectivity index (χ1) is 7.97. The van der Waals surface area contributed by atoms with Crippen molar-refractivity contribution in [2.75, 3.05) is 13.1 Å². The summed E-state index contributed by atoms with van der Waals surface area (Å²) in [7, 11) is 0. The van der Waals surface area contributed by atoms with Crippen LogP contribution in [0.25, 0.3) is 0 Å². The van der Waals surface area contributed by atoms with Crippen molar-refractivity contribution in [1.29, 1.82) is 0 Å². The second kappa shape index (κ2) is 6.80. The Hall–Kier alpha value is -0.830. The lowest BCUT2D eigenvalue weighted by Crippen LogP contribution is -2.39. The Morgan fingerprint density at radius 3 is 2.71 bits per heavy atom. The third-order valence-electron chi connectivity index (χ3n) is 2.97. The lowest BCUT2D eigenvalue weighted by Gasteiger charge is -2.21. The van der Waals surface area contributed by atoms with Gasteiger partial charge >= 0.3 is 0 Å². The average molecular weight is 238 g/mol. The highest BCUT2D eigenvalue weighted by Gasteiger charge is 2.12. The smallest absolute Gasteiger partial charge is 0.221 e. The van der Waals surface area contributed by atoms with Gasteiger partial charge in [-0.05, 0) is 46.0 Å². The molecule has 1 rings (SSSR count). The van der Waals surface area contributed by atoms with Crippen molar-refractivity contribution in [2.24, 2.45) is 5.92 Å². The molecule has 0 saturated heterocycles. The van der Waals surface area contributed by atoms with Crippen LogP contribution in [-0.2, 0) is 4.79 Å². The van der Waals surface area contributed by atoms with E-state index in [0.717, 1.165) is 25.9 Å². The van der Waals surface area contributed by atoms with Gasteiger partial charge in [-0.1, -0.05) is 12.2 Å². The van der Waals surface area contributed by atoms with Gasteiger partial charge in [0, 0.05) is 25.0 Å². The van der Waals surface area contributed by atoms with E-state index in [4.69, 9.17) is 0 Å². The fraction of sp³-hybridized carbons (Fsp3) is 0.786. The number of carbonyl (C=O) groups excluding carboxylic acids is 1. The summed E-state index contributed by atoms with van der Waals surface area (Å²) < 4.78 is 0. The molecular formula is C14H26N2O. The summed E-state index contributed by atoms with van der Waals surface area (Å²) in [4.78, 5) is 11.6. The molecule has 1 aliphatic carbocycles. The van der Waals surface area contributed by atoms with E-state index >= 15 is 0 Å². The third-order valence-corrected chi connectivity index (χ3v) is 2.97. The molecule has 0 aromatic rings. The Bertz CT molecular complexity index is 266. The minimum atomic E-state index is 0.0917. The molecule has 3 heteroatoms. The summed E-state index contributed by atoms with van der Waals surface area (Å²) >= 11 is 0. The molecule has 0 spiro atoms. The summed E-state index contributed by atoms with van der Waals surface area (Å²) in [6.45, 7) is 7.91. The summed E-state index contributed by atoms with van der Waals surface area (Å²) in [5.41, 5.74) is 0.0917. The largest absolute Gasteiger partial charge is 0.356 e. The monoisotopic (exact) mass is 238 g/mol. The van der Waals surface area contributed by atoms with Crippen LogP contribution in [0, 0.1) is 5.92 Å². The molecule has 0 radical (unpaired) electrons. The molecule has 1 amide bonds. The van der Waals surface area contributed by atoms with Crippen LogP contribution < -0.4 is 10.6 Å². The molecule has 1 atom stereocenters. The fourth-order valence-electron chi connectivity index (χ4n) is 1.94. The second-order valence-corrected chi connectivity index (χ2v) is 5.88. The van der Waals surface area contributed by atoms with Crippen molar-refractivity contribution in [3.05, 3.63) is 12.2 Å². The van der Waals surface area contributed by atoms with Crippen molar-refractivity contribution in [2.45, 2.75) is 52.0 Å².